The number of amides is 2. The predicted molar refractivity (Wildman–Crippen MR) is 117 cm³/mol. The minimum Gasteiger partial charge on any atom is -0.330 e. The van der Waals surface area contributed by atoms with Crippen LogP contribution in [0.3, 0.4) is 0 Å². The highest BCUT2D eigenvalue weighted by molar-refractivity contribution is 8.02. The molecule has 7 nitrogen and oxygen atoms in total. The number of anilines is 4. The fourth-order valence-corrected chi connectivity index (χ4v) is 5.02. The molecular formula is C20H16F3N5O2S2. The van der Waals surface area contributed by atoms with Gasteiger partial charge in [0.05, 0.1) is 22.2 Å². The molecule has 0 spiro atoms. The predicted octanol–water partition coefficient (Wildman–Crippen LogP) is 4.77. The number of benzene rings is 2. The topological polar surface area (TPSA) is 87.2 Å². The number of carbonyl (C=O) groups is 2. The molecule has 1 aliphatic rings. The molecule has 32 heavy (non-hydrogen) atoms. The quantitative estimate of drug-likeness (QED) is 0.513. The van der Waals surface area contributed by atoms with Crippen LogP contribution in [0.1, 0.15) is 12.5 Å². The average molecular weight is 480 g/mol. The molecule has 12 heteroatoms. The maximum absolute atomic E-state index is 13.0. The van der Waals surface area contributed by atoms with Crippen molar-refractivity contribution >= 4 is 57.1 Å². The number of nitrogens with one attached hydrogen (secondary N) is 2. The van der Waals surface area contributed by atoms with Crippen LogP contribution in [0.5, 0.6) is 0 Å². The van der Waals surface area contributed by atoms with Crippen molar-refractivity contribution in [1.82, 2.24) is 10.2 Å². The second-order valence-electron chi connectivity index (χ2n) is 6.83. The van der Waals surface area contributed by atoms with Crippen molar-refractivity contribution in [2.45, 2.75) is 22.7 Å². The Labute approximate surface area is 189 Å². The number of para-hydroxylation sites is 1. The molecule has 2 N–H and O–H groups in total. The molecule has 1 unspecified atom stereocenters. The molecule has 166 valence electrons. The molecular weight excluding hydrogens is 463 g/mol. The summed E-state index contributed by atoms with van der Waals surface area (Å²) in [6.07, 6.45) is -4.56. The minimum absolute atomic E-state index is 0.0492. The fraction of sp³-hybridized carbons (Fsp3) is 0.200. The minimum atomic E-state index is -4.56. The van der Waals surface area contributed by atoms with E-state index < -0.39 is 28.8 Å². The number of rotatable bonds is 5. The molecule has 1 atom stereocenters. The molecule has 2 heterocycles. The Morgan fingerprint density at radius 3 is 2.69 bits per heavy atom. The first-order chi connectivity index (χ1) is 15.2. The van der Waals surface area contributed by atoms with Crippen molar-refractivity contribution in [3.8, 4) is 0 Å². The van der Waals surface area contributed by atoms with Gasteiger partial charge in [0.15, 0.2) is 4.34 Å². The third-order valence-corrected chi connectivity index (χ3v) is 6.52. The highest BCUT2D eigenvalue weighted by Gasteiger charge is 2.35. The lowest BCUT2D eigenvalue weighted by Crippen LogP contribution is -2.45. The normalized spacial score (nSPS) is 14.5. The summed E-state index contributed by atoms with van der Waals surface area (Å²) in [5.41, 5.74) is 0.115. The van der Waals surface area contributed by atoms with E-state index in [1.807, 2.05) is 30.3 Å². The monoisotopic (exact) mass is 479 g/mol. The number of halogens is 3. The molecule has 0 bridgehead atoms. The van der Waals surface area contributed by atoms with Gasteiger partial charge in [-0.1, -0.05) is 41.3 Å². The Morgan fingerprint density at radius 2 is 1.97 bits per heavy atom. The second kappa shape index (κ2) is 8.79. The Kier molecular flexibility index (Phi) is 6.07. The molecule has 0 fully saturated rings. The summed E-state index contributed by atoms with van der Waals surface area (Å²) in [4.78, 5) is 26.3. The van der Waals surface area contributed by atoms with Crippen molar-refractivity contribution in [2.24, 2.45) is 0 Å². The lowest BCUT2D eigenvalue weighted by atomic mass is 10.1. The summed E-state index contributed by atoms with van der Waals surface area (Å²) in [5, 5.41) is 13.6. The maximum Gasteiger partial charge on any atom is 0.416 e. The largest absolute Gasteiger partial charge is 0.416 e. The van der Waals surface area contributed by atoms with Crippen LogP contribution < -0.4 is 15.5 Å². The summed E-state index contributed by atoms with van der Waals surface area (Å²) >= 11 is 2.43. The summed E-state index contributed by atoms with van der Waals surface area (Å²) in [7, 11) is 0. The van der Waals surface area contributed by atoms with E-state index in [1.165, 1.54) is 22.3 Å². The molecule has 0 radical (unpaired) electrons. The van der Waals surface area contributed by atoms with Gasteiger partial charge in [-0.05, 0) is 37.3 Å². The van der Waals surface area contributed by atoms with Crippen molar-refractivity contribution in [3.63, 3.8) is 0 Å². The Hall–Kier alpha value is -3.12. The van der Waals surface area contributed by atoms with Gasteiger partial charge in [-0.3, -0.25) is 14.5 Å². The van der Waals surface area contributed by atoms with E-state index in [-0.39, 0.29) is 17.9 Å². The van der Waals surface area contributed by atoms with Crippen LogP contribution in [0.15, 0.2) is 52.9 Å². The average Bonchev–Trinajstić information content (AvgIpc) is 3.18. The van der Waals surface area contributed by atoms with Crippen LogP contribution in [-0.4, -0.2) is 33.8 Å². The molecule has 0 saturated carbocycles. The molecule has 4 rings (SSSR count). The number of hydrogen-bond donors (Lipinski definition) is 2. The molecule has 0 saturated heterocycles. The van der Waals surface area contributed by atoms with Gasteiger partial charge in [-0.25, -0.2) is 0 Å². The van der Waals surface area contributed by atoms with Gasteiger partial charge in [-0.15, -0.1) is 10.2 Å². The molecule has 0 aliphatic carbocycles. The van der Waals surface area contributed by atoms with Crippen molar-refractivity contribution in [3.05, 3.63) is 54.1 Å². The summed E-state index contributed by atoms with van der Waals surface area (Å²) < 4.78 is 39.6. The van der Waals surface area contributed by atoms with E-state index in [0.717, 1.165) is 29.6 Å². The van der Waals surface area contributed by atoms with E-state index in [2.05, 4.69) is 20.8 Å². The first kappa shape index (κ1) is 22.1. The summed E-state index contributed by atoms with van der Waals surface area (Å²) in [6.45, 7) is 1.37. The van der Waals surface area contributed by atoms with E-state index in [0.29, 0.717) is 9.47 Å². The van der Waals surface area contributed by atoms with E-state index >= 15 is 0 Å². The lowest BCUT2D eigenvalue weighted by molar-refractivity contribution is -0.137. The fourth-order valence-electron chi connectivity index (χ4n) is 3.04. The van der Waals surface area contributed by atoms with Gasteiger partial charge in [0, 0.05) is 5.69 Å². The highest BCUT2D eigenvalue weighted by Crippen LogP contribution is 2.38. The van der Waals surface area contributed by atoms with Gasteiger partial charge in [0.25, 0.3) is 0 Å². The van der Waals surface area contributed by atoms with Crippen LogP contribution in [-0.2, 0) is 15.8 Å². The van der Waals surface area contributed by atoms with Gasteiger partial charge >= 0.3 is 6.18 Å². The van der Waals surface area contributed by atoms with Crippen LogP contribution in [0.25, 0.3) is 0 Å². The van der Waals surface area contributed by atoms with Gasteiger partial charge < -0.3 is 10.6 Å². The third-order valence-electron chi connectivity index (χ3n) is 4.51. The van der Waals surface area contributed by atoms with Crippen molar-refractivity contribution in [1.29, 1.82) is 0 Å². The molecule has 2 aromatic carbocycles. The van der Waals surface area contributed by atoms with Gasteiger partial charge in [0.1, 0.15) is 6.54 Å². The van der Waals surface area contributed by atoms with Crippen LogP contribution in [0.2, 0.25) is 0 Å². The summed E-state index contributed by atoms with van der Waals surface area (Å²) in [5.74, 6) is -0.980. The Balaban J connectivity index is 1.48. The number of hydrogen-bond acceptors (Lipinski definition) is 7. The maximum atomic E-state index is 13.0. The number of alkyl halides is 3. The number of nitrogens with zero attached hydrogens (tertiary/aromatic N) is 3. The number of thioether (sulfide) groups is 1. The first-order valence-electron chi connectivity index (χ1n) is 9.35. The van der Waals surface area contributed by atoms with E-state index in [4.69, 9.17) is 0 Å². The lowest BCUT2D eigenvalue weighted by Gasteiger charge is -2.31. The van der Waals surface area contributed by atoms with E-state index in [1.54, 1.807) is 6.92 Å². The Morgan fingerprint density at radius 1 is 1.22 bits per heavy atom. The van der Waals surface area contributed by atoms with Gasteiger partial charge in [0.2, 0.25) is 16.9 Å². The molecule has 3 aromatic rings. The zero-order chi connectivity index (χ0) is 22.9. The summed E-state index contributed by atoms with van der Waals surface area (Å²) in [6, 6.07) is 12.3. The van der Waals surface area contributed by atoms with Crippen molar-refractivity contribution in [2.75, 3.05) is 22.1 Å². The third kappa shape index (κ3) is 4.86. The Bertz CT molecular complexity index is 1150. The SMILES string of the molecule is CC(Sc1nnc(Nc2ccccc2)s1)C(=O)N1CC(=O)Nc2cc(C(F)(F)F)ccc21. The van der Waals surface area contributed by atoms with Crippen molar-refractivity contribution < 1.29 is 22.8 Å². The zero-order valence-electron chi connectivity index (χ0n) is 16.5. The standard InChI is InChI=1S/C20H16F3N5O2S2/c1-11(31-19-27-26-18(32-19)24-13-5-3-2-4-6-13)17(30)28-10-16(29)25-14-9-12(20(21,22)23)7-8-15(14)28/h2-9,11H,10H2,1H3,(H,24,26)(H,25,29). The van der Waals surface area contributed by atoms with E-state index in [9.17, 15) is 22.8 Å². The zero-order valence-corrected chi connectivity index (χ0v) is 18.1. The first-order valence-corrected chi connectivity index (χ1v) is 11.0. The van der Waals surface area contributed by atoms with Crippen LogP contribution in [0.4, 0.5) is 35.4 Å². The molecule has 1 aliphatic heterocycles. The smallest absolute Gasteiger partial charge is 0.330 e. The number of carbonyl (C=O) groups excluding carboxylic acids is 2. The van der Waals surface area contributed by atoms with Gasteiger partial charge in [-0.2, -0.15) is 13.2 Å². The van der Waals surface area contributed by atoms with Crippen LogP contribution >= 0.6 is 23.1 Å². The number of fused-ring (bicyclic) bond motifs is 1. The van der Waals surface area contributed by atoms with Crippen LogP contribution in [0, 0.1) is 0 Å². The highest BCUT2D eigenvalue weighted by atomic mass is 32.2. The number of aromatic nitrogens is 2. The second-order valence-corrected chi connectivity index (χ2v) is 9.39. The molecule has 2 amide bonds. The molecule has 1 aromatic heterocycles.